The fraction of sp³-hybridized carbons (Fsp3) is 0.389. The van der Waals surface area contributed by atoms with Crippen LogP contribution in [0.5, 0.6) is 5.75 Å². The molecule has 0 spiro atoms. The average molecular weight is 329 g/mol. The van der Waals surface area contributed by atoms with E-state index >= 15 is 0 Å². The van der Waals surface area contributed by atoms with E-state index in [9.17, 15) is 9.59 Å². The Morgan fingerprint density at radius 3 is 2.75 bits per heavy atom. The Bertz CT molecular complexity index is 722. The fourth-order valence-electron chi connectivity index (χ4n) is 2.59. The molecule has 0 aliphatic carbocycles. The Labute approximate surface area is 142 Å². The van der Waals surface area contributed by atoms with Gasteiger partial charge in [-0.3, -0.25) is 14.5 Å². The highest BCUT2D eigenvalue weighted by molar-refractivity contribution is 5.94. The van der Waals surface area contributed by atoms with Crippen molar-refractivity contribution in [3.8, 4) is 5.75 Å². The van der Waals surface area contributed by atoms with Crippen LogP contribution in [0.3, 0.4) is 0 Å². The maximum absolute atomic E-state index is 12.7. The largest absolute Gasteiger partial charge is 0.483 e. The Hall–Kier alpha value is -2.63. The molecule has 0 bridgehead atoms. The van der Waals surface area contributed by atoms with E-state index in [4.69, 9.17) is 4.74 Å². The van der Waals surface area contributed by atoms with Crippen LogP contribution in [0.15, 0.2) is 30.5 Å². The highest BCUT2D eigenvalue weighted by Gasteiger charge is 2.23. The number of hydrogen-bond acceptors (Lipinski definition) is 4. The lowest BCUT2D eigenvalue weighted by atomic mass is 10.1. The predicted octanol–water partition coefficient (Wildman–Crippen LogP) is 2.84. The molecule has 1 aromatic heterocycles. The molecule has 24 heavy (non-hydrogen) atoms. The smallest absolute Gasteiger partial charge is 0.266 e. The van der Waals surface area contributed by atoms with Gasteiger partial charge in [-0.1, -0.05) is 12.1 Å². The van der Waals surface area contributed by atoms with E-state index in [-0.39, 0.29) is 18.6 Å². The molecule has 1 aromatic carbocycles. The van der Waals surface area contributed by atoms with Crippen LogP contribution in [0, 0.1) is 6.92 Å². The summed E-state index contributed by atoms with van der Waals surface area (Å²) in [6.45, 7) is 8.21. The first-order chi connectivity index (χ1) is 11.5. The highest BCUT2D eigenvalue weighted by Crippen LogP contribution is 2.21. The van der Waals surface area contributed by atoms with E-state index in [0.717, 1.165) is 17.7 Å². The van der Waals surface area contributed by atoms with Gasteiger partial charge in [0.05, 0.1) is 11.8 Å². The van der Waals surface area contributed by atoms with Crippen molar-refractivity contribution in [1.29, 1.82) is 0 Å². The van der Waals surface area contributed by atoms with Gasteiger partial charge >= 0.3 is 0 Å². The zero-order chi connectivity index (χ0) is 17.7. The maximum atomic E-state index is 12.7. The zero-order valence-corrected chi connectivity index (χ0v) is 14.5. The Kier molecular flexibility index (Phi) is 5.73. The molecule has 0 N–H and O–H groups in total. The van der Waals surface area contributed by atoms with E-state index in [0.29, 0.717) is 17.9 Å². The minimum Gasteiger partial charge on any atom is -0.483 e. The summed E-state index contributed by atoms with van der Waals surface area (Å²) in [6, 6.07) is 7.10. The van der Waals surface area contributed by atoms with E-state index in [2.05, 4.69) is 5.10 Å². The number of aromatic nitrogens is 2. The van der Waals surface area contributed by atoms with Crippen molar-refractivity contribution in [2.45, 2.75) is 40.3 Å². The van der Waals surface area contributed by atoms with Gasteiger partial charge in [-0.05, 0) is 39.3 Å². The minimum absolute atomic E-state index is 0.0360. The summed E-state index contributed by atoms with van der Waals surface area (Å²) in [5.41, 5.74) is 1.29. The van der Waals surface area contributed by atoms with Crippen molar-refractivity contribution >= 4 is 18.0 Å². The van der Waals surface area contributed by atoms with Crippen molar-refractivity contribution in [1.82, 2.24) is 9.78 Å². The van der Waals surface area contributed by atoms with Gasteiger partial charge in [-0.2, -0.15) is 5.10 Å². The summed E-state index contributed by atoms with van der Waals surface area (Å²) < 4.78 is 7.39. The summed E-state index contributed by atoms with van der Waals surface area (Å²) in [6.07, 6.45) is 2.43. The number of anilines is 1. The van der Waals surface area contributed by atoms with Gasteiger partial charge in [-0.25, -0.2) is 4.68 Å². The average Bonchev–Trinajstić information content (AvgIpc) is 3.00. The lowest BCUT2D eigenvalue weighted by molar-refractivity contribution is -0.121. The van der Waals surface area contributed by atoms with E-state index in [1.165, 1.54) is 0 Å². The van der Waals surface area contributed by atoms with Crippen molar-refractivity contribution in [2.24, 2.45) is 0 Å². The standard InChI is InChI=1S/C18H23N3O3/c1-5-20-17(9-10-19-20)21(13(2)3)18(23)12-24-16-8-6-7-14(4)15(16)11-22/h6-11,13H,5,12H2,1-4H3. The van der Waals surface area contributed by atoms with Gasteiger partial charge in [-0.15, -0.1) is 0 Å². The van der Waals surface area contributed by atoms with Crippen molar-refractivity contribution in [3.05, 3.63) is 41.6 Å². The molecule has 0 fully saturated rings. The molecular formula is C18H23N3O3. The summed E-state index contributed by atoms with van der Waals surface area (Å²) in [5.74, 6) is 0.977. The van der Waals surface area contributed by atoms with Crippen LogP contribution in [-0.2, 0) is 11.3 Å². The van der Waals surface area contributed by atoms with E-state index in [1.807, 2.05) is 39.8 Å². The van der Waals surface area contributed by atoms with E-state index < -0.39 is 0 Å². The number of ether oxygens (including phenoxy) is 1. The molecule has 1 amide bonds. The number of rotatable bonds is 7. The number of amides is 1. The minimum atomic E-state index is -0.182. The summed E-state index contributed by atoms with van der Waals surface area (Å²) in [7, 11) is 0. The fourth-order valence-corrected chi connectivity index (χ4v) is 2.59. The van der Waals surface area contributed by atoms with Gasteiger partial charge in [0.25, 0.3) is 5.91 Å². The monoisotopic (exact) mass is 329 g/mol. The third-order valence-corrected chi connectivity index (χ3v) is 3.78. The molecule has 6 heteroatoms. The predicted molar refractivity (Wildman–Crippen MR) is 92.6 cm³/mol. The summed E-state index contributed by atoms with van der Waals surface area (Å²) in [5, 5.41) is 4.21. The Morgan fingerprint density at radius 2 is 2.12 bits per heavy atom. The quantitative estimate of drug-likeness (QED) is 0.733. The van der Waals surface area contributed by atoms with Crippen LogP contribution in [0.2, 0.25) is 0 Å². The molecule has 2 aromatic rings. The van der Waals surface area contributed by atoms with Crippen molar-refractivity contribution in [2.75, 3.05) is 11.5 Å². The molecule has 0 unspecified atom stereocenters. The van der Waals surface area contributed by atoms with Gasteiger partial charge in [0.15, 0.2) is 12.9 Å². The zero-order valence-electron chi connectivity index (χ0n) is 14.5. The summed E-state index contributed by atoms with van der Waals surface area (Å²) in [4.78, 5) is 25.6. The van der Waals surface area contributed by atoms with Gasteiger partial charge in [0.2, 0.25) is 0 Å². The molecule has 2 rings (SSSR count). The Balaban J connectivity index is 2.18. The van der Waals surface area contributed by atoms with Gasteiger partial charge in [0.1, 0.15) is 11.6 Å². The van der Waals surface area contributed by atoms with Crippen LogP contribution in [0.4, 0.5) is 5.82 Å². The number of carbonyl (C=O) groups excluding carboxylic acids is 2. The van der Waals surface area contributed by atoms with Crippen LogP contribution < -0.4 is 9.64 Å². The molecule has 0 saturated heterocycles. The van der Waals surface area contributed by atoms with Crippen LogP contribution >= 0.6 is 0 Å². The van der Waals surface area contributed by atoms with Gasteiger partial charge in [0, 0.05) is 18.7 Å². The lowest BCUT2D eigenvalue weighted by Gasteiger charge is -2.27. The molecule has 0 aliphatic rings. The molecule has 0 aliphatic heterocycles. The third kappa shape index (κ3) is 3.64. The molecule has 0 radical (unpaired) electrons. The first-order valence-electron chi connectivity index (χ1n) is 8.01. The first-order valence-corrected chi connectivity index (χ1v) is 8.01. The second-order valence-electron chi connectivity index (χ2n) is 5.76. The number of aldehydes is 1. The number of hydrogen-bond donors (Lipinski definition) is 0. The SMILES string of the molecule is CCn1nccc1N(C(=O)COc1cccc(C)c1C=O)C(C)C. The molecule has 0 atom stereocenters. The topological polar surface area (TPSA) is 64.4 Å². The van der Waals surface area contributed by atoms with Crippen LogP contribution in [-0.4, -0.2) is 34.6 Å². The molecule has 1 heterocycles. The van der Waals surface area contributed by atoms with Crippen LogP contribution in [0.25, 0.3) is 0 Å². The highest BCUT2D eigenvalue weighted by atomic mass is 16.5. The van der Waals surface area contributed by atoms with Crippen molar-refractivity contribution < 1.29 is 14.3 Å². The Morgan fingerprint density at radius 1 is 1.38 bits per heavy atom. The lowest BCUT2D eigenvalue weighted by Crippen LogP contribution is -2.41. The van der Waals surface area contributed by atoms with Gasteiger partial charge < -0.3 is 4.74 Å². The molecule has 6 nitrogen and oxygen atoms in total. The number of benzene rings is 1. The normalized spacial score (nSPS) is 10.7. The second kappa shape index (κ2) is 7.77. The second-order valence-corrected chi connectivity index (χ2v) is 5.76. The van der Waals surface area contributed by atoms with E-state index in [1.54, 1.807) is 27.9 Å². The molecule has 128 valence electrons. The first kappa shape index (κ1) is 17.7. The maximum Gasteiger partial charge on any atom is 0.266 e. The van der Waals surface area contributed by atoms with Crippen LogP contribution in [0.1, 0.15) is 36.7 Å². The summed E-state index contributed by atoms with van der Waals surface area (Å²) >= 11 is 0. The molecular weight excluding hydrogens is 306 g/mol. The number of carbonyl (C=O) groups is 2. The number of aryl methyl sites for hydroxylation is 2. The third-order valence-electron chi connectivity index (χ3n) is 3.78. The van der Waals surface area contributed by atoms with Crippen molar-refractivity contribution in [3.63, 3.8) is 0 Å². The molecule has 0 saturated carbocycles. The number of nitrogens with zero attached hydrogens (tertiary/aromatic N) is 3.